The quantitative estimate of drug-likeness (QED) is 0.206. The molecular formula is C32H36N6. The molecule has 6 aromatic rings. The van der Waals surface area contributed by atoms with E-state index in [9.17, 15) is 0 Å². The lowest BCUT2D eigenvalue weighted by Crippen LogP contribution is -2.17. The molecule has 0 atom stereocenters. The summed E-state index contributed by atoms with van der Waals surface area (Å²) in [7, 11) is 4.28. The lowest BCUT2D eigenvalue weighted by atomic mass is 10.1. The molecule has 0 saturated carbocycles. The monoisotopic (exact) mass is 504 g/mol. The van der Waals surface area contributed by atoms with Gasteiger partial charge in [-0.15, -0.1) is 0 Å². The summed E-state index contributed by atoms with van der Waals surface area (Å²) in [6, 6.07) is 21.4. The maximum absolute atomic E-state index is 4.69. The average Bonchev–Trinajstić information content (AvgIpc) is 3.42. The van der Waals surface area contributed by atoms with E-state index in [0.29, 0.717) is 0 Å². The summed E-state index contributed by atoms with van der Waals surface area (Å²) < 4.78 is 4.55. The van der Waals surface area contributed by atoms with Crippen molar-refractivity contribution in [2.24, 2.45) is 14.1 Å². The van der Waals surface area contributed by atoms with Crippen molar-refractivity contribution in [2.45, 2.75) is 38.8 Å². The van der Waals surface area contributed by atoms with E-state index >= 15 is 0 Å². The Kier molecular flexibility index (Phi) is 7.08. The SMILES string of the molecule is Cn1c2ccccc2c2ccnc(CNCCCCCCNCc3nccc4c5ccccc5n(C)c34)c21. The van der Waals surface area contributed by atoms with Crippen LogP contribution in [0.15, 0.2) is 73.1 Å². The number of rotatable bonds is 11. The Balaban J connectivity index is 0.938. The Morgan fingerprint density at radius 3 is 1.47 bits per heavy atom. The zero-order chi connectivity index (χ0) is 25.9. The molecule has 6 rings (SSSR count). The van der Waals surface area contributed by atoms with E-state index in [1.165, 1.54) is 69.3 Å². The Labute approximate surface area is 223 Å². The van der Waals surface area contributed by atoms with Gasteiger partial charge in [-0.25, -0.2) is 0 Å². The maximum Gasteiger partial charge on any atom is 0.0784 e. The lowest BCUT2D eigenvalue weighted by Gasteiger charge is -2.09. The minimum absolute atomic E-state index is 0.801. The lowest BCUT2D eigenvalue weighted by molar-refractivity contribution is 0.560. The number of aromatic nitrogens is 4. The predicted molar refractivity (Wildman–Crippen MR) is 158 cm³/mol. The Morgan fingerprint density at radius 2 is 1.00 bits per heavy atom. The van der Waals surface area contributed by atoms with Crippen molar-refractivity contribution < 1.29 is 0 Å². The molecule has 0 bridgehead atoms. The van der Waals surface area contributed by atoms with Gasteiger partial charge in [0.1, 0.15) is 0 Å². The maximum atomic E-state index is 4.69. The highest BCUT2D eigenvalue weighted by Crippen LogP contribution is 2.30. The minimum atomic E-state index is 0.801. The molecule has 2 aromatic carbocycles. The van der Waals surface area contributed by atoms with Crippen molar-refractivity contribution >= 4 is 43.6 Å². The van der Waals surface area contributed by atoms with E-state index in [1.807, 2.05) is 12.4 Å². The van der Waals surface area contributed by atoms with E-state index in [4.69, 9.17) is 9.97 Å². The Hall–Kier alpha value is -3.74. The molecule has 4 aromatic heterocycles. The molecule has 6 nitrogen and oxygen atoms in total. The zero-order valence-corrected chi connectivity index (χ0v) is 22.4. The number of pyridine rings is 2. The normalized spacial score (nSPS) is 11.9. The first-order valence-electron chi connectivity index (χ1n) is 13.8. The minimum Gasteiger partial charge on any atom is -0.342 e. The summed E-state index contributed by atoms with van der Waals surface area (Å²) >= 11 is 0. The average molecular weight is 505 g/mol. The molecule has 4 heterocycles. The third-order valence-electron chi connectivity index (χ3n) is 7.82. The molecule has 6 heteroatoms. The van der Waals surface area contributed by atoms with Gasteiger partial charge >= 0.3 is 0 Å². The highest BCUT2D eigenvalue weighted by Gasteiger charge is 2.13. The van der Waals surface area contributed by atoms with Crippen LogP contribution in [0, 0.1) is 0 Å². The van der Waals surface area contributed by atoms with Crippen LogP contribution in [0.25, 0.3) is 43.6 Å². The predicted octanol–water partition coefficient (Wildman–Crippen LogP) is 6.21. The molecule has 2 N–H and O–H groups in total. The van der Waals surface area contributed by atoms with Crippen molar-refractivity contribution in [2.75, 3.05) is 13.1 Å². The first-order valence-corrected chi connectivity index (χ1v) is 13.8. The fraction of sp³-hybridized carbons (Fsp3) is 0.312. The number of fused-ring (bicyclic) bond motifs is 6. The molecule has 0 fully saturated rings. The van der Waals surface area contributed by atoms with Gasteiger partial charge in [0.2, 0.25) is 0 Å². The van der Waals surface area contributed by atoms with Crippen molar-refractivity contribution in [3.63, 3.8) is 0 Å². The fourth-order valence-electron chi connectivity index (χ4n) is 5.93. The summed E-state index contributed by atoms with van der Waals surface area (Å²) in [5, 5.41) is 12.4. The molecule has 0 amide bonds. The largest absolute Gasteiger partial charge is 0.342 e. The highest BCUT2D eigenvalue weighted by atomic mass is 15.0. The number of para-hydroxylation sites is 2. The Morgan fingerprint density at radius 1 is 0.553 bits per heavy atom. The number of hydrogen-bond donors (Lipinski definition) is 2. The summed E-state index contributed by atoms with van der Waals surface area (Å²) in [6.07, 6.45) is 8.71. The number of aryl methyl sites for hydroxylation is 2. The Bertz CT molecular complexity index is 1580. The molecule has 194 valence electrons. The van der Waals surface area contributed by atoms with Gasteiger partial charge in [0.05, 0.1) is 22.4 Å². The molecule has 0 unspecified atom stereocenters. The molecule has 0 aliphatic rings. The van der Waals surface area contributed by atoms with Crippen molar-refractivity contribution in [3.05, 3.63) is 84.4 Å². The third kappa shape index (κ3) is 4.55. The molecule has 0 spiro atoms. The second-order valence-corrected chi connectivity index (χ2v) is 10.2. The molecule has 0 aliphatic heterocycles. The first-order chi connectivity index (χ1) is 18.7. The van der Waals surface area contributed by atoms with E-state index in [1.54, 1.807) is 0 Å². The molecule has 0 saturated heterocycles. The summed E-state index contributed by atoms with van der Waals surface area (Å²) in [4.78, 5) is 9.39. The second-order valence-electron chi connectivity index (χ2n) is 10.2. The van der Waals surface area contributed by atoms with E-state index in [2.05, 4.69) is 94.5 Å². The van der Waals surface area contributed by atoms with Crippen molar-refractivity contribution in [1.29, 1.82) is 0 Å². The van der Waals surface area contributed by atoms with Gasteiger partial charge in [0, 0.05) is 72.2 Å². The van der Waals surface area contributed by atoms with Gasteiger partial charge in [0.15, 0.2) is 0 Å². The number of nitrogens with one attached hydrogen (secondary N) is 2. The van der Waals surface area contributed by atoms with Crippen LogP contribution in [0.5, 0.6) is 0 Å². The second kappa shape index (κ2) is 10.9. The number of nitrogens with zero attached hydrogens (tertiary/aromatic N) is 4. The van der Waals surface area contributed by atoms with Gasteiger partial charge in [-0.2, -0.15) is 0 Å². The van der Waals surface area contributed by atoms with Crippen LogP contribution in [0.1, 0.15) is 37.1 Å². The van der Waals surface area contributed by atoms with Crippen LogP contribution >= 0.6 is 0 Å². The number of unbranched alkanes of at least 4 members (excludes halogenated alkanes) is 3. The van der Waals surface area contributed by atoms with Crippen molar-refractivity contribution in [3.8, 4) is 0 Å². The van der Waals surface area contributed by atoms with Crippen LogP contribution in [-0.4, -0.2) is 32.2 Å². The van der Waals surface area contributed by atoms with Crippen LogP contribution < -0.4 is 10.6 Å². The first kappa shape index (κ1) is 24.6. The van der Waals surface area contributed by atoms with Gasteiger partial charge in [-0.05, 0) is 50.2 Å². The van der Waals surface area contributed by atoms with Gasteiger partial charge in [-0.3, -0.25) is 9.97 Å². The summed E-state index contributed by atoms with van der Waals surface area (Å²) in [6.45, 7) is 3.64. The van der Waals surface area contributed by atoms with Gasteiger partial charge in [-0.1, -0.05) is 49.2 Å². The molecule has 0 aliphatic carbocycles. The van der Waals surface area contributed by atoms with Crippen LogP contribution in [-0.2, 0) is 27.2 Å². The number of benzene rings is 2. The molecule has 38 heavy (non-hydrogen) atoms. The molecule has 0 radical (unpaired) electrons. The third-order valence-corrected chi connectivity index (χ3v) is 7.82. The summed E-state index contributed by atoms with van der Waals surface area (Å²) in [5.74, 6) is 0. The topological polar surface area (TPSA) is 59.7 Å². The fourth-order valence-corrected chi connectivity index (χ4v) is 5.93. The zero-order valence-electron chi connectivity index (χ0n) is 22.4. The summed E-state index contributed by atoms with van der Waals surface area (Å²) in [5.41, 5.74) is 7.24. The van der Waals surface area contributed by atoms with Gasteiger partial charge in [0.25, 0.3) is 0 Å². The van der Waals surface area contributed by atoms with Crippen LogP contribution in [0.2, 0.25) is 0 Å². The molecular weight excluding hydrogens is 468 g/mol. The van der Waals surface area contributed by atoms with E-state index < -0.39 is 0 Å². The van der Waals surface area contributed by atoms with E-state index in [-0.39, 0.29) is 0 Å². The van der Waals surface area contributed by atoms with Crippen LogP contribution in [0.3, 0.4) is 0 Å². The smallest absolute Gasteiger partial charge is 0.0784 e. The number of hydrogen-bond acceptors (Lipinski definition) is 4. The van der Waals surface area contributed by atoms with Crippen LogP contribution in [0.4, 0.5) is 0 Å². The highest BCUT2D eigenvalue weighted by molar-refractivity contribution is 6.09. The van der Waals surface area contributed by atoms with Crippen molar-refractivity contribution in [1.82, 2.24) is 29.7 Å². The standard InChI is InChI=1S/C32H36N6/c1-37-29-13-7-5-11-23(29)25-15-19-35-27(31(25)37)21-33-17-9-3-4-10-18-34-22-28-32-26(16-20-36-28)24-12-6-8-14-30(24)38(32)2/h5-8,11-16,19-20,33-34H,3-4,9-10,17-18,21-22H2,1-2H3. The van der Waals surface area contributed by atoms with Gasteiger partial charge < -0.3 is 19.8 Å². The van der Waals surface area contributed by atoms with E-state index in [0.717, 1.165) is 37.6 Å².